The molecule has 2 rings (SSSR count). The molecule has 9 heteroatoms. The van der Waals surface area contributed by atoms with Crippen molar-refractivity contribution < 1.29 is 47.6 Å². The van der Waals surface area contributed by atoms with Gasteiger partial charge in [0, 0.05) is 5.56 Å². The normalized spacial score (nSPS) is 12.6. The Morgan fingerprint density at radius 1 is 1.05 bits per heavy atom. The molecule has 0 amide bonds. The predicted molar refractivity (Wildman–Crippen MR) is 79.9 cm³/mol. The Labute approximate surface area is 165 Å². The predicted octanol–water partition coefficient (Wildman–Crippen LogP) is 0.637. The van der Waals surface area contributed by atoms with Crippen molar-refractivity contribution in [1.29, 1.82) is 0 Å². The van der Waals surface area contributed by atoms with Crippen molar-refractivity contribution in [1.82, 2.24) is 0 Å². The van der Waals surface area contributed by atoms with E-state index in [1.165, 1.54) is 30.3 Å². The SMILES string of the molecule is O=S(=O)([O-])c1ccccc1C(O)c1cc(Cl)c(Cl)c(Cl)c1.[Na+]. The van der Waals surface area contributed by atoms with Gasteiger partial charge in [0.1, 0.15) is 16.2 Å². The smallest absolute Gasteiger partial charge is 0.744 e. The van der Waals surface area contributed by atoms with Gasteiger partial charge >= 0.3 is 29.6 Å². The van der Waals surface area contributed by atoms with E-state index in [2.05, 4.69) is 0 Å². The fourth-order valence-corrected chi connectivity index (χ4v) is 3.17. The second-order valence-electron chi connectivity index (χ2n) is 4.19. The van der Waals surface area contributed by atoms with Crippen LogP contribution in [0.15, 0.2) is 41.3 Å². The number of benzene rings is 2. The zero-order chi connectivity index (χ0) is 15.8. The van der Waals surface area contributed by atoms with Crippen LogP contribution in [0.3, 0.4) is 0 Å². The van der Waals surface area contributed by atoms with Crippen molar-refractivity contribution >= 4 is 44.9 Å². The number of rotatable bonds is 3. The fourth-order valence-electron chi connectivity index (χ4n) is 1.85. The molecule has 22 heavy (non-hydrogen) atoms. The van der Waals surface area contributed by atoms with Gasteiger partial charge < -0.3 is 9.66 Å². The zero-order valence-corrected chi connectivity index (χ0v) is 16.3. The van der Waals surface area contributed by atoms with Gasteiger partial charge in [0.15, 0.2) is 0 Å². The summed E-state index contributed by atoms with van der Waals surface area (Å²) in [5, 5.41) is 10.7. The van der Waals surface area contributed by atoms with Crippen LogP contribution in [0.5, 0.6) is 0 Å². The summed E-state index contributed by atoms with van der Waals surface area (Å²) in [6.45, 7) is 0. The van der Waals surface area contributed by atoms with Crippen LogP contribution in [0, 0.1) is 0 Å². The van der Waals surface area contributed by atoms with Crippen LogP contribution < -0.4 is 29.6 Å². The fraction of sp³-hybridized carbons (Fsp3) is 0.0769. The second kappa shape index (κ2) is 7.83. The van der Waals surface area contributed by atoms with Gasteiger partial charge in [-0.3, -0.25) is 0 Å². The molecule has 2 aromatic carbocycles. The summed E-state index contributed by atoms with van der Waals surface area (Å²) in [5.74, 6) is 0. The average molecular weight is 390 g/mol. The van der Waals surface area contributed by atoms with Gasteiger partial charge in [0.2, 0.25) is 0 Å². The van der Waals surface area contributed by atoms with Gasteiger partial charge in [-0.2, -0.15) is 0 Å². The van der Waals surface area contributed by atoms with Crippen LogP contribution in [0.1, 0.15) is 17.2 Å². The molecule has 0 spiro atoms. The molecule has 0 saturated heterocycles. The van der Waals surface area contributed by atoms with Crippen molar-refractivity contribution in [3.8, 4) is 0 Å². The van der Waals surface area contributed by atoms with E-state index < -0.39 is 21.1 Å². The van der Waals surface area contributed by atoms with E-state index in [9.17, 15) is 18.1 Å². The maximum atomic E-state index is 11.2. The molecule has 1 N–H and O–H groups in total. The number of hydrogen-bond acceptors (Lipinski definition) is 4. The molecule has 0 aliphatic carbocycles. The third-order valence-corrected chi connectivity index (χ3v) is 4.91. The molecule has 0 saturated carbocycles. The zero-order valence-electron chi connectivity index (χ0n) is 11.3. The van der Waals surface area contributed by atoms with E-state index >= 15 is 0 Å². The summed E-state index contributed by atoms with van der Waals surface area (Å²) in [6.07, 6.45) is -1.38. The molecule has 0 aliphatic rings. The van der Waals surface area contributed by atoms with Gasteiger partial charge in [-0.15, -0.1) is 0 Å². The number of halogens is 3. The Morgan fingerprint density at radius 2 is 1.55 bits per heavy atom. The minimum absolute atomic E-state index is 0. The van der Waals surface area contributed by atoms with Crippen molar-refractivity contribution in [2.45, 2.75) is 11.0 Å². The van der Waals surface area contributed by atoms with Crippen LogP contribution in [0.25, 0.3) is 0 Å². The van der Waals surface area contributed by atoms with Crippen molar-refractivity contribution in [2.75, 3.05) is 0 Å². The van der Waals surface area contributed by atoms with E-state index in [1.54, 1.807) is 0 Å². The minimum Gasteiger partial charge on any atom is -0.744 e. The number of aliphatic hydroxyl groups is 1. The molecule has 0 aliphatic heterocycles. The molecule has 1 unspecified atom stereocenters. The summed E-state index contributed by atoms with van der Waals surface area (Å²) in [4.78, 5) is -0.500. The van der Waals surface area contributed by atoms with E-state index in [0.717, 1.165) is 6.07 Å². The minimum atomic E-state index is -4.72. The third-order valence-electron chi connectivity index (χ3n) is 2.80. The summed E-state index contributed by atoms with van der Waals surface area (Å²) >= 11 is 17.6. The maximum absolute atomic E-state index is 11.2. The molecule has 0 heterocycles. The molecular weight excluding hydrogens is 382 g/mol. The topological polar surface area (TPSA) is 77.4 Å². The first kappa shape index (κ1) is 20.2. The van der Waals surface area contributed by atoms with Crippen molar-refractivity contribution in [3.05, 3.63) is 62.6 Å². The Bertz CT molecular complexity index is 773. The van der Waals surface area contributed by atoms with Gasteiger partial charge in [0.25, 0.3) is 0 Å². The number of hydrogen-bond donors (Lipinski definition) is 1. The summed E-state index contributed by atoms with van der Waals surface area (Å²) in [6, 6.07) is 8.07. The molecule has 1 atom stereocenters. The quantitative estimate of drug-likeness (QED) is 0.475. The van der Waals surface area contributed by atoms with Gasteiger partial charge in [-0.1, -0.05) is 53.0 Å². The van der Waals surface area contributed by atoms with Crippen LogP contribution in [-0.4, -0.2) is 18.1 Å². The molecule has 2 aromatic rings. The van der Waals surface area contributed by atoms with Crippen molar-refractivity contribution in [3.63, 3.8) is 0 Å². The molecule has 4 nitrogen and oxygen atoms in total. The van der Waals surface area contributed by atoms with E-state index in [0.29, 0.717) is 0 Å². The summed E-state index contributed by atoms with van der Waals surface area (Å²) in [7, 11) is -4.72. The summed E-state index contributed by atoms with van der Waals surface area (Å²) in [5.41, 5.74) is 0.174. The van der Waals surface area contributed by atoms with Gasteiger partial charge in [-0.05, 0) is 23.8 Å². The Hall–Kier alpha value is 0.180. The van der Waals surface area contributed by atoms with E-state index in [-0.39, 0.29) is 55.8 Å². The Morgan fingerprint density at radius 3 is 2.05 bits per heavy atom. The van der Waals surface area contributed by atoms with E-state index in [4.69, 9.17) is 34.8 Å². The van der Waals surface area contributed by atoms with Gasteiger partial charge in [0.05, 0.1) is 20.0 Å². The molecule has 0 bridgehead atoms. The van der Waals surface area contributed by atoms with Crippen LogP contribution in [0.4, 0.5) is 0 Å². The first-order valence-electron chi connectivity index (χ1n) is 5.59. The molecule has 0 radical (unpaired) electrons. The van der Waals surface area contributed by atoms with E-state index in [1.807, 2.05) is 0 Å². The van der Waals surface area contributed by atoms with Crippen LogP contribution in [0.2, 0.25) is 15.1 Å². The summed E-state index contributed by atoms with van der Waals surface area (Å²) < 4.78 is 33.7. The van der Waals surface area contributed by atoms with Crippen LogP contribution >= 0.6 is 34.8 Å². The maximum Gasteiger partial charge on any atom is 1.00 e. The Kier molecular flexibility index (Phi) is 7.20. The first-order chi connectivity index (χ1) is 9.71. The molecule has 0 fully saturated rings. The van der Waals surface area contributed by atoms with Crippen molar-refractivity contribution in [2.24, 2.45) is 0 Å². The number of aliphatic hydroxyl groups excluding tert-OH is 1. The second-order valence-corrected chi connectivity index (χ2v) is 6.73. The Balaban J connectivity index is 0.00000242. The molecule has 0 aromatic heterocycles. The monoisotopic (exact) mass is 388 g/mol. The molecular formula is C13H8Cl3NaO4S. The third kappa shape index (κ3) is 4.38. The molecule has 112 valence electrons. The van der Waals surface area contributed by atoms with Crippen LogP contribution in [-0.2, 0) is 10.1 Å². The van der Waals surface area contributed by atoms with Gasteiger partial charge in [-0.25, -0.2) is 8.42 Å². The standard InChI is InChI=1S/C13H9Cl3O4S.Na/c14-9-5-7(6-10(15)12(9)16)13(17)8-3-1-2-4-11(8)21(18,19)20;/h1-6,13,17H,(H,18,19,20);/q;+1/p-1. The first-order valence-corrected chi connectivity index (χ1v) is 8.13. The largest absolute Gasteiger partial charge is 1.00 e. The average Bonchev–Trinajstić information content (AvgIpc) is 2.42.